The zero-order valence-corrected chi connectivity index (χ0v) is 13.9. The molecule has 0 saturated carbocycles. The Bertz CT molecular complexity index is 722. The number of hydrogen-bond acceptors (Lipinski definition) is 3. The Kier molecular flexibility index (Phi) is 5.89. The van der Waals surface area contributed by atoms with Crippen LogP contribution in [0.3, 0.4) is 0 Å². The molecule has 136 valence electrons. The summed E-state index contributed by atoms with van der Waals surface area (Å²) >= 11 is 0. The average Bonchev–Trinajstić information content (AvgIpc) is 2.99. The largest absolute Gasteiger partial charge is 0.480 e. The summed E-state index contributed by atoms with van der Waals surface area (Å²) in [5, 5.41) is 12.1. The van der Waals surface area contributed by atoms with Gasteiger partial charge in [-0.2, -0.15) is 13.2 Å². The SMILES string of the molecule is CC(C)C[C@@H](NCc1ccc(-c2cccc(C(F)(F)F)c2)o1)C(=O)O. The molecular formula is C18H20F3NO3. The Morgan fingerprint density at radius 2 is 1.96 bits per heavy atom. The molecule has 4 nitrogen and oxygen atoms in total. The number of carbonyl (C=O) groups is 1. The molecular weight excluding hydrogens is 335 g/mol. The molecule has 1 aromatic carbocycles. The summed E-state index contributed by atoms with van der Waals surface area (Å²) in [5.74, 6) is 0.0327. The Morgan fingerprint density at radius 3 is 2.56 bits per heavy atom. The lowest BCUT2D eigenvalue weighted by Gasteiger charge is -2.15. The molecule has 1 aromatic heterocycles. The summed E-state index contributed by atoms with van der Waals surface area (Å²) in [6, 6.07) is 7.36. The smallest absolute Gasteiger partial charge is 0.416 e. The molecule has 1 atom stereocenters. The van der Waals surface area contributed by atoms with Crippen LogP contribution >= 0.6 is 0 Å². The first-order valence-electron chi connectivity index (χ1n) is 7.89. The molecule has 2 aromatic rings. The van der Waals surface area contributed by atoms with Crippen molar-refractivity contribution in [1.29, 1.82) is 0 Å². The summed E-state index contributed by atoms with van der Waals surface area (Å²) in [6.07, 6.45) is -3.95. The third-order valence-corrected chi connectivity index (χ3v) is 3.66. The molecule has 0 unspecified atom stereocenters. The maximum atomic E-state index is 12.8. The van der Waals surface area contributed by atoms with Crippen molar-refractivity contribution in [3.05, 3.63) is 47.7 Å². The minimum Gasteiger partial charge on any atom is -0.480 e. The van der Waals surface area contributed by atoms with Gasteiger partial charge in [-0.1, -0.05) is 26.0 Å². The maximum absolute atomic E-state index is 12.8. The van der Waals surface area contributed by atoms with Crippen LogP contribution in [0, 0.1) is 5.92 Å². The van der Waals surface area contributed by atoms with E-state index in [2.05, 4.69) is 5.32 Å². The highest BCUT2D eigenvalue weighted by molar-refractivity contribution is 5.73. The Labute approximate surface area is 143 Å². The van der Waals surface area contributed by atoms with E-state index in [4.69, 9.17) is 4.42 Å². The number of furan rings is 1. The van der Waals surface area contributed by atoms with Crippen molar-refractivity contribution in [2.45, 2.75) is 39.0 Å². The van der Waals surface area contributed by atoms with Crippen LogP contribution in [0.4, 0.5) is 13.2 Å². The summed E-state index contributed by atoms with van der Waals surface area (Å²) in [4.78, 5) is 11.2. The number of benzene rings is 1. The van der Waals surface area contributed by atoms with Gasteiger partial charge in [-0.25, -0.2) is 0 Å². The standard InChI is InChI=1S/C18H20F3NO3/c1-11(2)8-15(17(23)24)22-10-14-6-7-16(25-14)12-4-3-5-13(9-12)18(19,20)21/h3-7,9,11,15,22H,8,10H2,1-2H3,(H,23,24)/t15-/m1/s1. The zero-order valence-electron chi connectivity index (χ0n) is 13.9. The molecule has 0 aliphatic heterocycles. The van der Waals surface area contributed by atoms with E-state index < -0.39 is 23.8 Å². The molecule has 25 heavy (non-hydrogen) atoms. The fourth-order valence-electron chi connectivity index (χ4n) is 2.44. The maximum Gasteiger partial charge on any atom is 0.416 e. The van der Waals surface area contributed by atoms with Crippen LogP contribution < -0.4 is 5.32 Å². The van der Waals surface area contributed by atoms with Crippen molar-refractivity contribution in [1.82, 2.24) is 5.32 Å². The summed E-state index contributed by atoms with van der Waals surface area (Å²) < 4.78 is 43.9. The number of halogens is 3. The number of alkyl halides is 3. The zero-order chi connectivity index (χ0) is 18.6. The fraction of sp³-hybridized carbons (Fsp3) is 0.389. The lowest BCUT2D eigenvalue weighted by molar-refractivity contribution is -0.140. The Balaban J connectivity index is 2.09. The van der Waals surface area contributed by atoms with Gasteiger partial charge in [0.25, 0.3) is 0 Å². The first-order chi connectivity index (χ1) is 11.7. The van der Waals surface area contributed by atoms with E-state index in [1.54, 1.807) is 12.1 Å². The fourth-order valence-corrected chi connectivity index (χ4v) is 2.44. The van der Waals surface area contributed by atoms with Gasteiger partial charge in [0.2, 0.25) is 0 Å². The monoisotopic (exact) mass is 355 g/mol. The second-order valence-electron chi connectivity index (χ2n) is 6.25. The van der Waals surface area contributed by atoms with Gasteiger partial charge < -0.3 is 9.52 Å². The van der Waals surface area contributed by atoms with Crippen LogP contribution in [0.25, 0.3) is 11.3 Å². The first kappa shape index (κ1) is 19.1. The van der Waals surface area contributed by atoms with Crippen LogP contribution in [0.2, 0.25) is 0 Å². The van der Waals surface area contributed by atoms with Crippen LogP contribution in [0.5, 0.6) is 0 Å². The van der Waals surface area contributed by atoms with Crippen LogP contribution in [-0.2, 0) is 17.5 Å². The lowest BCUT2D eigenvalue weighted by Crippen LogP contribution is -2.37. The molecule has 0 amide bonds. The molecule has 1 heterocycles. The molecule has 0 aliphatic carbocycles. The second-order valence-corrected chi connectivity index (χ2v) is 6.25. The average molecular weight is 355 g/mol. The van der Waals surface area contributed by atoms with Crippen LogP contribution in [0.1, 0.15) is 31.6 Å². The third-order valence-electron chi connectivity index (χ3n) is 3.66. The van der Waals surface area contributed by atoms with E-state index in [9.17, 15) is 23.1 Å². The quantitative estimate of drug-likeness (QED) is 0.765. The topological polar surface area (TPSA) is 62.5 Å². The Morgan fingerprint density at radius 1 is 1.24 bits per heavy atom. The van der Waals surface area contributed by atoms with Gasteiger partial charge >= 0.3 is 12.1 Å². The summed E-state index contributed by atoms with van der Waals surface area (Å²) in [6.45, 7) is 4.04. The highest BCUT2D eigenvalue weighted by Crippen LogP contribution is 2.32. The number of aliphatic carboxylic acids is 1. The summed E-state index contributed by atoms with van der Waals surface area (Å²) in [7, 11) is 0. The molecule has 0 radical (unpaired) electrons. The molecule has 0 aliphatic rings. The van der Waals surface area contributed by atoms with E-state index in [1.165, 1.54) is 12.1 Å². The number of carboxylic acids is 1. The molecule has 2 rings (SSSR count). The van der Waals surface area contributed by atoms with Crippen molar-refractivity contribution >= 4 is 5.97 Å². The minimum absolute atomic E-state index is 0.183. The third kappa shape index (κ3) is 5.35. The molecule has 7 heteroatoms. The van der Waals surface area contributed by atoms with Crippen molar-refractivity contribution < 1.29 is 27.5 Å². The number of nitrogens with one attached hydrogen (secondary N) is 1. The molecule has 0 bridgehead atoms. The van der Waals surface area contributed by atoms with E-state index in [1.807, 2.05) is 13.8 Å². The van der Waals surface area contributed by atoms with Crippen molar-refractivity contribution in [2.75, 3.05) is 0 Å². The van der Waals surface area contributed by atoms with Crippen molar-refractivity contribution in [2.24, 2.45) is 5.92 Å². The van der Waals surface area contributed by atoms with Gasteiger partial charge in [-0.05, 0) is 36.6 Å². The van der Waals surface area contributed by atoms with E-state index in [-0.39, 0.29) is 12.5 Å². The van der Waals surface area contributed by atoms with Crippen LogP contribution in [0.15, 0.2) is 40.8 Å². The predicted molar refractivity (Wildman–Crippen MR) is 86.9 cm³/mol. The van der Waals surface area contributed by atoms with E-state index >= 15 is 0 Å². The van der Waals surface area contributed by atoms with Gasteiger partial charge in [0.05, 0.1) is 12.1 Å². The van der Waals surface area contributed by atoms with E-state index in [0.717, 1.165) is 12.1 Å². The van der Waals surface area contributed by atoms with Crippen LogP contribution in [-0.4, -0.2) is 17.1 Å². The molecule has 0 saturated heterocycles. The van der Waals surface area contributed by atoms with Crippen molar-refractivity contribution in [3.63, 3.8) is 0 Å². The Hall–Kier alpha value is -2.28. The van der Waals surface area contributed by atoms with Crippen molar-refractivity contribution in [3.8, 4) is 11.3 Å². The molecule has 0 spiro atoms. The number of carboxylic acid groups (broad SMARTS) is 1. The van der Waals surface area contributed by atoms with Gasteiger partial charge in [0.15, 0.2) is 0 Å². The first-order valence-corrected chi connectivity index (χ1v) is 7.89. The van der Waals surface area contributed by atoms with Gasteiger partial charge in [0, 0.05) is 5.56 Å². The normalized spacial score (nSPS) is 13.2. The lowest BCUT2D eigenvalue weighted by atomic mass is 10.0. The highest BCUT2D eigenvalue weighted by atomic mass is 19.4. The highest BCUT2D eigenvalue weighted by Gasteiger charge is 2.30. The van der Waals surface area contributed by atoms with Gasteiger partial charge in [-0.3, -0.25) is 10.1 Å². The second kappa shape index (κ2) is 7.74. The summed E-state index contributed by atoms with van der Waals surface area (Å²) in [5.41, 5.74) is -0.429. The molecule has 0 fully saturated rings. The van der Waals surface area contributed by atoms with Gasteiger partial charge in [0.1, 0.15) is 17.6 Å². The minimum atomic E-state index is -4.42. The predicted octanol–water partition coefficient (Wildman–Crippen LogP) is 4.55. The van der Waals surface area contributed by atoms with E-state index in [0.29, 0.717) is 23.5 Å². The molecule has 2 N–H and O–H groups in total. The number of rotatable bonds is 7. The van der Waals surface area contributed by atoms with Gasteiger partial charge in [-0.15, -0.1) is 0 Å². The number of hydrogen-bond donors (Lipinski definition) is 2.